The van der Waals surface area contributed by atoms with Crippen molar-refractivity contribution in [3.8, 4) is 5.75 Å². The summed E-state index contributed by atoms with van der Waals surface area (Å²) >= 11 is 0. The van der Waals surface area contributed by atoms with Crippen LogP contribution < -0.4 is 10.1 Å². The molecule has 0 spiro atoms. The maximum atomic E-state index is 12.7. The van der Waals surface area contributed by atoms with E-state index in [1.807, 2.05) is 32.0 Å². The van der Waals surface area contributed by atoms with Gasteiger partial charge >= 0.3 is 0 Å². The van der Waals surface area contributed by atoms with Crippen molar-refractivity contribution < 1.29 is 18.7 Å². The van der Waals surface area contributed by atoms with Crippen molar-refractivity contribution in [3.05, 3.63) is 64.4 Å². The molecular weight excluding hydrogens is 384 g/mol. The zero-order chi connectivity index (χ0) is 22.0. The fourth-order valence-corrected chi connectivity index (χ4v) is 2.88. The van der Waals surface area contributed by atoms with Gasteiger partial charge in [0.2, 0.25) is 0 Å². The fourth-order valence-electron chi connectivity index (χ4n) is 2.88. The van der Waals surface area contributed by atoms with E-state index in [0.717, 1.165) is 16.9 Å². The summed E-state index contributed by atoms with van der Waals surface area (Å²) in [5.74, 6) is 0.665. The molecule has 0 saturated heterocycles. The summed E-state index contributed by atoms with van der Waals surface area (Å²) in [6.07, 6.45) is 0. The molecule has 0 aliphatic rings. The van der Waals surface area contributed by atoms with E-state index in [2.05, 4.69) is 10.4 Å². The molecule has 0 fully saturated rings. The van der Waals surface area contributed by atoms with Crippen LogP contribution in [0.2, 0.25) is 0 Å². The molecule has 8 heteroatoms. The summed E-state index contributed by atoms with van der Waals surface area (Å²) in [7, 11) is 4.98. The number of benzene rings is 1. The van der Waals surface area contributed by atoms with E-state index in [-0.39, 0.29) is 24.0 Å². The van der Waals surface area contributed by atoms with Gasteiger partial charge < -0.3 is 19.4 Å². The van der Waals surface area contributed by atoms with E-state index < -0.39 is 5.91 Å². The van der Waals surface area contributed by atoms with Crippen molar-refractivity contribution in [2.45, 2.75) is 27.4 Å². The lowest BCUT2D eigenvalue weighted by Gasteiger charge is -2.10. The number of hydrogen-bond acceptors (Lipinski definition) is 5. The molecule has 0 saturated carbocycles. The minimum Gasteiger partial charge on any atom is -0.485 e. The van der Waals surface area contributed by atoms with Crippen molar-refractivity contribution in [1.29, 1.82) is 0 Å². The van der Waals surface area contributed by atoms with Crippen LogP contribution in [0.3, 0.4) is 0 Å². The number of carbonyl (C=O) groups excluding carboxylic acids is 2. The Hall–Kier alpha value is -3.55. The lowest BCUT2D eigenvalue weighted by atomic mass is 10.1. The number of nitrogens with zero attached hydrogens (tertiary/aromatic N) is 3. The van der Waals surface area contributed by atoms with Gasteiger partial charge in [-0.2, -0.15) is 5.10 Å². The predicted molar refractivity (Wildman–Crippen MR) is 113 cm³/mol. The first-order valence-electron chi connectivity index (χ1n) is 9.52. The van der Waals surface area contributed by atoms with Crippen LogP contribution in [-0.4, -0.2) is 40.6 Å². The molecule has 158 valence electrons. The van der Waals surface area contributed by atoms with E-state index in [1.165, 1.54) is 4.90 Å². The van der Waals surface area contributed by atoms with E-state index in [1.54, 1.807) is 44.9 Å². The highest BCUT2D eigenvalue weighted by Crippen LogP contribution is 2.23. The number of nitrogens with one attached hydrogen (secondary N) is 1. The second-order valence-electron chi connectivity index (χ2n) is 7.41. The van der Waals surface area contributed by atoms with Gasteiger partial charge in [-0.25, -0.2) is 0 Å². The van der Waals surface area contributed by atoms with Crippen LogP contribution in [0.25, 0.3) is 0 Å². The highest BCUT2D eigenvalue weighted by molar-refractivity contribution is 6.07. The first-order valence-corrected chi connectivity index (χ1v) is 9.52. The van der Waals surface area contributed by atoms with Gasteiger partial charge in [0.25, 0.3) is 11.8 Å². The number of hydrogen-bond donors (Lipinski definition) is 1. The zero-order valence-corrected chi connectivity index (χ0v) is 18.1. The topological polar surface area (TPSA) is 89.6 Å². The molecule has 3 aromatic rings. The summed E-state index contributed by atoms with van der Waals surface area (Å²) in [4.78, 5) is 26.5. The monoisotopic (exact) mass is 410 g/mol. The summed E-state index contributed by atoms with van der Waals surface area (Å²) in [5.41, 5.74) is 3.34. The van der Waals surface area contributed by atoms with Gasteiger partial charge in [-0.1, -0.05) is 12.1 Å². The van der Waals surface area contributed by atoms with Gasteiger partial charge in [-0.3, -0.25) is 14.3 Å². The molecule has 0 atom stereocenters. The number of amides is 2. The molecule has 30 heavy (non-hydrogen) atoms. The molecule has 0 radical (unpaired) electrons. The molecule has 0 bridgehead atoms. The third-order valence-corrected chi connectivity index (χ3v) is 4.78. The number of ether oxygens (including phenoxy) is 1. The highest BCUT2D eigenvalue weighted by atomic mass is 16.5. The van der Waals surface area contributed by atoms with E-state index >= 15 is 0 Å². The number of furan rings is 1. The molecule has 2 aromatic heterocycles. The second kappa shape index (κ2) is 8.44. The molecular formula is C22H26N4O4. The Kier molecular flexibility index (Phi) is 5.96. The Balaban J connectivity index is 1.73. The largest absolute Gasteiger partial charge is 0.485 e. The number of aryl methyl sites for hydroxylation is 3. The molecule has 2 amide bonds. The van der Waals surface area contributed by atoms with E-state index in [0.29, 0.717) is 17.1 Å². The van der Waals surface area contributed by atoms with Crippen molar-refractivity contribution in [1.82, 2.24) is 14.7 Å². The summed E-state index contributed by atoms with van der Waals surface area (Å²) in [6.45, 7) is 5.95. The minimum atomic E-state index is -0.461. The van der Waals surface area contributed by atoms with Gasteiger partial charge in [0.1, 0.15) is 18.1 Å². The van der Waals surface area contributed by atoms with E-state index in [9.17, 15) is 9.59 Å². The van der Waals surface area contributed by atoms with Crippen LogP contribution in [0, 0.1) is 20.8 Å². The third-order valence-electron chi connectivity index (χ3n) is 4.78. The molecule has 1 N–H and O–H groups in total. The first kappa shape index (κ1) is 21.2. The number of aromatic nitrogens is 2. The highest BCUT2D eigenvalue weighted by Gasteiger charge is 2.24. The number of anilines is 1. The fraction of sp³-hybridized carbons (Fsp3) is 0.318. The van der Waals surface area contributed by atoms with Crippen molar-refractivity contribution in [2.24, 2.45) is 7.05 Å². The molecule has 8 nitrogen and oxygen atoms in total. The van der Waals surface area contributed by atoms with Gasteiger partial charge in [-0.05, 0) is 50.1 Å². The molecule has 3 rings (SSSR count). The van der Waals surface area contributed by atoms with Crippen LogP contribution >= 0.6 is 0 Å². The first-order chi connectivity index (χ1) is 14.2. The van der Waals surface area contributed by atoms with Crippen molar-refractivity contribution in [2.75, 3.05) is 19.4 Å². The standard InChI is InChI=1S/C22H26N4O4/c1-13-7-8-14(2)18(11-13)29-12-16-9-10-17(30-16)21(27)23-19-15(3)26(6)24-20(19)22(28)25(4)5/h7-11H,12H2,1-6H3,(H,23,27). The summed E-state index contributed by atoms with van der Waals surface area (Å²) < 4.78 is 13.0. The lowest BCUT2D eigenvalue weighted by molar-refractivity contribution is 0.0822. The Morgan fingerprint density at radius 2 is 1.90 bits per heavy atom. The maximum absolute atomic E-state index is 12.7. The Labute approximate surface area is 175 Å². The van der Waals surface area contributed by atoms with Crippen molar-refractivity contribution in [3.63, 3.8) is 0 Å². The molecule has 0 unspecified atom stereocenters. The quantitative estimate of drug-likeness (QED) is 0.672. The van der Waals surface area contributed by atoms with E-state index in [4.69, 9.17) is 9.15 Å². The van der Waals surface area contributed by atoms with Gasteiger partial charge in [0.15, 0.2) is 11.5 Å². The van der Waals surface area contributed by atoms with Crippen LogP contribution in [0.1, 0.15) is 43.6 Å². The zero-order valence-electron chi connectivity index (χ0n) is 18.1. The molecule has 0 aliphatic heterocycles. The van der Waals surface area contributed by atoms with Gasteiger partial charge in [-0.15, -0.1) is 0 Å². The van der Waals surface area contributed by atoms with Crippen molar-refractivity contribution >= 4 is 17.5 Å². The van der Waals surface area contributed by atoms with Crippen LogP contribution in [-0.2, 0) is 13.7 Å². The maximum Gasteiger partial charge on any atom is 0.291 e. The van der Waals surface area contributed by atoms with Crippen LogP contribution in [0.15, 0.2) is 34.7 Å². The Bertz CT molecular complexity index is 1090. The smallest absolute Gasteiger partial charge is 0.291 e. The molecule has 1 aromatic carbocycles. The van der Waals surface area contributed by atoms with Gasteiger partial charge in [0.05, 0.1) is 11.4 Å². The average Bonchev–Trinajstić information content (AvgIpc) is 3.28. The van der Waals surface area contributed by atoms with Crippen LogP contribution in [0.5, 0.6) is 5.75 Å². The Morgan fingerprint density at radius 3 is 2.60 bits per heavy atom. The van der Waals surface area contributed by atoms with Crippen LogP contribution in [0.4, 0.5) is 5.69 Å². The Morgan fingerprint density at radius 1 is 1.17 bits per heavy atom. The lowest BCUT2D eigenvalue weighted by Crippen LogP contribution is -2.24. The third kappa shape index (κ3) is 4.37. The molecule has 0 aliphatic carbocycles. The minimum absolute atomic E-state index is 0.126. The predicted octanol–water partition coefficient (Wildman–Crippen LogP) is 3.47. The number of carbonyl (C=O) groups is 2. The normalized spacial score (nSPS) is 10.7. The summed E-state index contributed by atoms with van der Waals surface area (Å²) in [6, 6.07) is 9.25. The molecule has 2 heterocycles. The second-order valence-corrected chi connectivity index (χ2v) is 7.41. The summed E-state index contributed by atoms with van der Waals surface area (Å²) in [5, 5.41) is 6.97. The number of rotatable bonds is 6. The average molecular weight is 410 g/mol. The SMILES string of the molecule is Cc1ccc(C)c(OCc2ccc(C(=O)Nc3c(C(=O)N(C)C)nn(C)c3C)o2)c1. The van der Waals surface area contributed by atoms with Gasteiger partial charge in [0, 0.05) is 21.1 Å².